The number of nitrogens with zero attached hydrogens (tertiary/aromatic N) is 7. The predicted octanol–water partition coefficient (Wildman–Crippen LogP) is 4.83. The number of nitrogens with one attached hydrogen (secondary N) is 1. The third kappa shape index (κ3) is 5.75. The van der Waals surface area contributed by atoms with Crippen molar-refractivity contribution in [2.24, 2.45) is 5.41 Å². The number of aromatic nitrogens is 4. The molecule has 1 aliphatic carbocycles. The van der Waals surface area contributed by atoms with Crippen LogP contribution in [0.2, 0.25) is 0 Å². The van der Waals surface area contributed by atoms with Crippen LogP contribution in [-0.4, -0.2) is 91.0 Å². The van der Waals surface area contributed by atoms with Gasteiger partial charge in [0, 0.05) is 62.2 Å². The number of anilines is 3. The van der Waals surface area contributed by atoms with E-state index in [0.29, 0.717) is 30.4 Å². The molecule has 2 N–H and O–H groups in total. The van der Waals surface area contributed by atoms with Gasteiger partial charge in [-0.2, -0.15) is 4.98 Å². The van der Waals surface area contributed by atoms with Crippen LogP contribution in [-0.2, 0) is 9.53 Å². The lowest BCUT2D eigenvalue weighted by Crippen LogP contribution is -2.54. The third-order valence-corrected chi connectivity index (χ3v) is 10.2. The highest BCUT2D eigenvalue weighted by atomic mass is 16.6. The highest BCUT2D eigenvalue weighted by molar-refractivity contribution is 5.98. The second kappa shape index (κ2) is 11.6. The van der Waals surface area contributed by atoms with Crippen molar-refractivity contribution in [3.8, 4) is 0 Å². The molecule has 4 fully saturated rings. The van der Waals surface area contributed by atoms with Gasteiger partial charge in [-0.05, 0) is 77.5 Å². The van der Waals surface area contributed by atoms with Gasteiger partial charge in [-0.1, -0.05) is 12.8 Å². The second-order valence-electron chi connectivity index (χ2n) is 15.0. The summed E-state index contributed by atoms with van der Waals surface area (Å²) >= 11 is 0. The van der Waals surface area contributed by atoms with Crippen LogP contribution in [0.1, 0.15) is 95.1 Å². The highest BCUT2D eigenvalue weighted by Crippen LogP contribution is 2.52. The Labute approximate surface area is 270 Å². The molecule has 12 heteroatoms. The van der Waals surface area contributed by atoms with Crippen molar-refractivity contribution in [3.05, 3.63) is 36.3 Å². The van der Waals surface area contributed by atoms with Crippen molar-refractivity contribution in [1.29, 1.82) is 0 Å². The molecule has 0 aromatic carbocycles. The van der Waals surface area contributed by atoms with Gasteiger partial charge < -0.3 is 29.5 Å². The number of ether oxygens (including phenoxy) is 1. The van der Waals surface area contributed by atoms with E-state index in [1.54, 1.807) is 31.4 Å². The van der Waals surface area contributed by atoms with E-state index < -0.39 is 12.0 Å². The van der Waals surface area contributed by atoms with E-state index >= 15 is 0 Å². The number of piperidine rings is 1. The maximum absolute atomic E-state index is 13.4. The third-order valence-electron chi connectivity index (χ3n) is 10.2. The molecular formula is C34H46N8O4. The van der Waals surface area contributed by atoms with Gasteiger partial charge in [0.1, 0.15) is 17.2 Å². The Morgan fingerprint density at radius 1 is 1.07 bits per heavy atom. The fourth-order valence-electron chi connectivity index (χ4n) is 8.35. The van der Waals surface area contributed by atoms with Gasteiger partial charge in [-0.3, -0.25) is 9.59 Å². The van der Waals surface area contributed by atoms with Gasteiger partial charge >= 0.3 is 0 Å². The van der Waals surface area contributed by atoms with Crippen LogP contribution < -0.4 is 10.2 Å². The van der Waals surface area contributed by atoms with Gasteiger partial charge in [-0.25, -0.2) is 14.9 Å². The summed E-state index contributed by atoms with van der Waals surface area (Å²) < 4.78 is 8.00. The first-order valence-corrected chi connectivity index (χ1v) is 16.7. The Bertz CT molecular complexity index is 1610. The van der Waals surface area contributed by atoms with Crippen molar-refractivity contribution < 1.29 is 19.4 Å². The molecular weight excluding hydrogens is 584 g/mol. The molecule has 2 bridgehead atoms. The maximum Gasteiger partial charge on any atom is 0.270 e. The number of rotatable bonds is 7. The lowest BCUT2D eigenvalue weighted by molar-refractivity contribution is -0.260. The topological polar surface area (TPSA) is 129 Å². The molecule has 4 aliphatic rings. The van der Waals surface area contributed by atoms with E-state index in [9.17, 15) is 14.7 Å². The lowest BCUT2D eigenvalue weighted by Gasteiger charge is -2.46. The molecule has 3 saturated heterocycles. The zero-order valence-corrected chi connectivity index (χ0v) is 27.6. The summed E-state index contributed by atoms with van der Waals surface area (Å²) in [5, 5.41) is 14.9. The number of amides is 2. The van der Waals surface area contributed by atoms with Crippen LogP contribution >= 0.6 is 0 Å². The van der Waals surface area contributed by atoms with E-state index in [1.165, 1.54) is 0 Å². The first kappa shape index (κ1) is 31.0. The largest absolute Gasteiger partial charge is 0.356 e. The molecule has 3 atom stereocenters. The zero-order valence-electron chi connectivity index (χ0n) is 27.6. The van der Waals surface area contributed by atoms with E-state index in [1.807, 2.05) is 43.9 Å². The van der Waals surface area contributed by atoms with Gasteiger partial charge in [0.15, 0.2) is 0 Å². The number of carbonyl (C=O) groups excluding carboxylic acids is 2. The minimum absolute atomic E-state index is 0.0414. The average Bonchev–Trinajstić information content (AvgIpc) is 3.77. The molecule has 1 saturated carbocycles. The van der Waals surface area contributed by atoms with E-state index in [4.69, 9.17) is 9.72 Å². The predicted molar refractivity (Wildman–Crippen MR) is 175 cm³/mol. The van der Waals surface area contributed by atoms with Crippen LogP contribution in [0, 0.1) is 5.41 Å². The summed E-state index contributed by atoms with van der Waals surface area (Å²) in [4.78, 5) is 46.0. The molecule has 0 radical (unpaired) electrons. The minimum atomic E-state index is -0.924. The van der Waals surface area contributed by atoms with Gasteiger partial charge in [0.25, 0.3) is 5.91 Å². The van der Waals surface area contributed by atoms with E-state index in [-0.39, 0.29) is 35.4 Å². The average molecular weight is 631 g/mol. The number of aliphatic hydroxyl groups is 1. The minimum Gasteiger partial charge on any atom is -0.356 e. The van der Waals surface area contributed by atoms with Crippen LogP contribution in [0.25, 0.3) is 11.0 Å². The van der Waals surface area contributed by atoms with Crippen LogP contribution in [0.15, 0.2) is 30.6 Å². The van der Waals surface area contributed by atoms with E-state index in [0.717, 1.165) is 68.1 Å². The maximum atomic E-state index is 13.4. The van der Waals surface area contributed by atoms with Crippen molar-refractivity contribution in [2.75, 3.05) is 30.9 Å². The van der Waals surface area contributed by atoms with Crippen molar-refractivity contribution in [2.45, 2.75) is 109 Å². The Balaban J connectivity index is 1.06. The quantitative estimate of drug-likeness (QED) is 0.353. The summed E-state index contributed by atoms with van der Waals surface area (Å²) in [5.41, 5.74) is 1.62. The molecule has 46 heavy (non-hydrogen) atoms. The highest BCUT2D eigenvalue weighted by Gasteiger charge is 2.55. The van der Waals surface area contributed by atoms with Gasteiger partial charge in [-0.15, -0.1) is 0 Å². The number of hydrogen-bond donors (Lipinski definition) is 2. The van der Waals surface area contributed by atoms with Gasteiger partial charge in [0.2, 0.25) is 18.3 Å². The molecule has 6 heterocycles. The SMILES string of the molecule is CN(C)C(=O)c1cc2cnc(Nc3ccc(N4CC5(CC4=O)CC4CCC(C5)N4C(O)OC(C)(C)C)cn3)nc2n1C1CCCC1. The molecule has 3 aliphatic heterocycles. The molecule has 12 nitrogen and oxygen atoms in total. The number of carbonyl (C=O) groups is 2. The monoisotopic (exact) mass is 630 g/mol. The molecule has 3 aromatic heterocycles. The van der Waals surface area contributed by atoms with Crippen LogP contribution in [0.3, 0.4) is 0 Å². The fourth-order valence-corrected chi connectivity index (χ4v) is 8.35. The molecule has 3 unspecified atom stereocenters. The lowest BCUT2D eigenvalue weighted by atomic mass is 9.74. The van der Waals surface area contributed by atoms with Crippen molar-refractivity contribution in [3.63, 3.8) is 0 Å². The summed E-state index contributed by atoms with van der Waals surface area (Å²) in [6.45, 7) is 6.53. The normalized spacial score (nSPS) is 26.0. The standard InChI is InChI=1S/C34H46N8O4/c1-33(2,3)46-32(45)41-23-10-11-24(41)16-34(15-23)17-28(43)40(20-34)25-12-13-27(35-19-25)37-31-36-18-21-14-26(30(44)39(4)5)42(29(21)38-31)22-8-6-7-9-22/h12-14,18-19,22-24,32,45H,6-11,15-17,20H2,1-5H3,(H,35,36,37,38). The first-order valence-electron chi connectivity index (χ1n) is 16.7. The number of hydrogen-bond acceptors (Lipinski definition) is 9. The van der Waals surface area contributed by atoms with Gasteiger partial charge in [0.05, 0.1) is 17.5 Å². The fraction of sp³-hybridized carbons (Fsp3) is 0.618. The molecule has 1 spiro atoms. The number of pyridine rings is 1. The second-order valence-corrected chi connectivity index (χ2v) is 15.0. The molecule has 2 amide bonds. The molecule has 7 rings (SSSR count). The van der Waals surface area contributed by atoms with Crippen LogP contribution in [0.5, 0.6) is 0 Å². The summed E-state index contributed by atoms with van der Waals surface area (Å²) in [7, 11) is 3.54. The van der Waals surface area contributed by atoms with Crippen molar-refractivity contribution >= 4 is 40.3 Å². The number of fused-ring (bicyclic) bond motifs is 3. The Hall–Kier alpha value is -3.61. The molecule has 3 aromatic rings. The summed E-state index contributed by atoms with van der Waals surface area (Å²) in [5.74, 6) is 1.06. The summed E-state index contributed by atoms with van der Waals surface area (Å²) in [6.07, 6.45) is 11.2. The Morgan fingerprint density at radius 2 is 1.78 bits per heavy atom. The van der Waals surface area contributed by atoms with Crippen molar-refractivity contribution in [1.82, 2.24) is 29.3 Å². The Morgan fingerprint density at radius 3 is 2.41 bits per heavy atom. The Kier molecular flexibility index (Phi) is 7.80. The smallest absolute Gasteiger partial charge is 0.270 e. The van der Waals surface area contributed by atoms with E-state index in [2.05, 4.69) is 24.8 Å². The van der Waals surface area contributed by atoms with Crippen LogP contribution in [0.4, 0.5) is 17.5 Å². The summed E-state index contributed by atoms with van der Waals surface area (Å²) in [6, 6.07) is 6.32. The number of aliphatic hydroxyl groups excluding tert-OH is 1. The first-order chi connectivity index (χ1) is 21.9. The zero-order chi connectivity index (χ0) is 32.4. The molecule has 246 valence electrons.